The van der Waals surface area contributed by atoms with E-state index in [1.807, 2.05) is 0 Å². The van der Waals surface area contributed by atoms with E-state index in [0.717, 1.165) is 0 Å². The molecule has 94 valence electrons. The Morgan fingerprint density at radius 3 is 2.76 bits per heavy atom. The standard InChI is InChI=1S/C12H17NO4/c1-10(14)11-4-3-5-13-12(11)17-9-8-16-7-6-15-2/h3-5H,6-9H2,1-2H3. The first-order valence-corrected chi connectivity index (χ1v) is 5.41. The number of carbonyl (C=O) groups excluding carboxylic acids is 1. The Bertz CT molecular complexity index is 354. The molecule has 1 rings (SSSR count). The zero-order chi connectivity index (χ0) is 12.5. The van der Waals surface area contributed by atoms with Gasteiger partial charge in [-0.25, -0.2) is 4.98 Å². The van der Waals surface area contributed by atoms with Gasteiger partial charge in [0, 0.05) is 13.3 Å². The largest absolute Gasteiger partial charge is 0.475 e. The number of hydrogen-bond acceptors (Lipinski definition) is 5. The summed E-state index contributed by atoms with van der Waals surface area (Å²) in [6, 6.07) is 3.40. The molecule has 1 aromatic heterocycles. The Kier molecular flexibility index (Phi) is 6.21. The van der Waals surface area contributed by atoms with Crippen LogP contribution in [0.25, 0.3) is 0 Å². The lowest BCUT2D eigenvalue weighted by atomic mass is 10.2. The normalized spacial score (nSPS) is 10.2. The summed E-state index contributed by atoms with van der Waals surface area (Å²) >= 11 is 0. The lowest BCUT2D eigenvalue weighted by Gasteiger charge is -2.08. The van der Waals surface area contributed by atoms with Crippen LogP contribution >= 0.6 is 0 Å². The van der Waals surface area contributed by atoms with Crippen molar-refractivity contribution in [3.05, 3.63) is 23.9 Å². The molecule has 0 atom stereocenters. The van der Waals surface area contributed by atoms with Crippen LogP contribution in [0.15, 0.2) is 18.3 Å². The van der Waals surface area contributed by atoms with Crippen LogP contribution in [0.1, 0.15) is 17.3 Å². The maximum Gasteiger partial charge on any atom is 0.224 e. The third kappa shape index (κ3) is 4.93. The molecular weight excluding hydrogens is 222 g/mol. The smallest absolute Gasteiger partial charge is 0.224 e. The second kappa shape index (κ2) is 7.76. The summed E-state index contributed by atoms with van der Waals surface area (Å²) in [5.41, 5.74) is 0.490. The summed E-state index contributed by atoms with van der Waals surface area (Å²) in [4.78, 5) is 15.3. The molecule has 5 heteroatoms. The number of rotatable bonds is 8. The van der Waals surface area contributed by atoms with E-state index in [1.54, 1.807) is 25.4 Å². The van der Waals surface area contributed by atoms with Gasteiger partial charge < -0.3 is 14.2 Å². The molecule has 0 aliphatic carbocycles. The predicted octanol–water partition coefficient (Wildman–Crippen LogP) is 1.33. The van der Waals surface area contributed by atoms with Gasteiger partial charge in [-0.3, -0.25) is 4.79 Å². The molecule has 0 saturated carbocycles. The van der Waals surface area contributed by atoms with Crippen LogP contribution in [0, 0.1) is 0 Å². The highest BCUT2D eigenvalue weighted by molar-refractivity contribution is 5.96. The summed E-state index contributed by atoms with van der Waals surface area (Å²) in [7, 11) is 1.62. The first kappa shape index (κ1) is 13.6. The molecular formula is C12H17NO4. The highest BCUT2D eigenvalue weighted by atomic mass is 16.5. The molecule has 0 saturated heterocycles. The average Bonchev–Trinajstić information content (AvgIpc) is 2.34. The van der Waals surface area contributed by atoms with Gasteiger partial charge in [-0.05, 0) is 19.1 Å². The molecule has 5 nitrogen and oxygen atoms in total. The number of ketones is 1. The first-order chi connectivity index (χ1) is 8.25. The third-order valence-corrected chi connectivity index (χ3v) is 2.05. The summed E-state index contributed by atoms with van der Waals surface area (Å²) in [6.45, 7) is 3.38. The van der Waals surface area contributed by atoms with Gasteiger partial charge in [0.2, 0.25) is 5.88 Å². The number of aromatic nitrogens is 1. The predicted molar refractivity (Wildman–Crippen MR) is 62.4 cm³/mol. The number of pyridine rings is 1. The Balaban J connectivity index is 2.34. The lowest BCUT2D eigenvalue weighted by molar-refractivity contribution is 0.0534. The molecule has 1 aromatic rings. The molecule has 0 bridgehead atoms. The van der Waals surface area contributed by atoms with E-state index in [9.17, 15) is 4.79 Å². The second-order valence-electron chi connectivity index (χ2n) is 3.37. The van der Waals surface area contributed by atoms with Gasteiger partial charge >= 0.3 is 0 Å². The van der Waals surface area contributed by atoms with E-state index < -0.39 is 0 Å². The number of nitrogens with zero attached hydrogens (tertiary/aromatic N) is 1. The van der Waals surface area contributed by atoms with Crippen molar-refractivity contribution in [3.8, 4) is 5.88 Å². The molecule has 0 unspecified atom stereocenters. The number of hydrogen-bond donors (Lipinski definition) is 0. The fraction of sp³-hybridized carbons (Fsp3) is 0.500. The minimum absolute atomic E-state index is 0.0617. The number of methoxy groups -OCH3 is 1. The number of ether oxygens (including phenoxy) is 3. The molecule has 17 heavy (non-hydrogen) atoms. The van der Waals surface area contributed by atoms with E-state index in [0.29, 0.717) is 37.9 Å². The lowest BCUT2D eigenvalue weighted by Crippen LogP contribution is -2.12. The van der Waals surface area contributed by atoms with Crippen LogP contribution in [-0.2, 0) is 9.47 Å². The van der Waals surface area contributed by atoms with Crippen LogP contribution in [0.2, 0.25) is 0 Å². The average molecular weight is 239 g/mol. The molecule has 0 amide bonds. The van der Waals surface area contributed by atoms with Gasteiger partial charge in [-0.1, -0.05) is 0 Å². The van der Waals surface area contributed by atoms with Gasteiger partial charge in [-0.15, -0.1) is 0 Å². The van der Waals surface area contributed by atoms with Crippen LogP contribution < -0.4 is 4.74 Å². The minimum atomic E-state index is -0.0617. The van der Waals surface area contributed by atoms with E-state index in [2.05, 4.69) is 4.98 Å². The SMILES string of the molecule is COCCOCCOc1ncccc1C(C)=O. The van der Waals surface area contributed by atoms with Crippen LogP contribution in [0.3, 0.4) is 0 Å². The highest BCUT2D eigenvalue weighted by Crippen LogP contribution is 2.14. The second-order valence-corrected chi connectivity index (χ2v) is 3.37. The van der Waals surface area contributed by atoms with Crippen molar-refractivity contribution in [1.82, 2.24) is 4.98 Å². The Morgan fingerprint density at radius 2 is 2.06 bits per heavy atom. The van der Waals surface area contributed by atoms with Crippen molar-refractivity contribution in [3.63, 3.8) is 0 Å². The maximum absolute atomic E-state index is 11.3. The number of Topliss-reactive ketones (excluding diaryl/α,β-unsaturated/α-hetero) is 1. The third-order valence-electron chi connectivity index (χ3n) is 2.05. The van der Waals surface area contributed by atoms with E-state index in [-0.39, 0.29) is 5.78 Å². The van der Waals surface area contributed by atoms with E-state index in [1.165, 1.54) is 6.92 Å². The van der Waals surface area contributed by atoms with Crippen LogP contribution in [0.5, 0.6) is 5.88 Å². The Labute approximate surface area is 101 Å². The molecule has 0 aliphatic rings. The topological polar surface area (TPSA) is 57.6 Å². The van der Waals surface area contributed by atoms with Crippen LogP contribution in [-0.4, -0.2) is 44.3 Å². The quantitative estimate of drug-likeness (QED) is 0.506. The first-order valence-electron chi connectivity index (χ1n) is 5.41. The molecule has 0 aliphatic heterocycles. The summed E-state index contributed by atoms with van der Waals surface area (Å²) in [5, 5.41) is 0. The maximum atomic E-state index is 11.3. The fourth-order valence-electron chi connectivity index (χ4n) is 1.22. The van der Waals surface area contributed by atoms with Crippen molar-refractivity contribution in [2.45, 2.75) is 6.92 Å². The number of carbonyl (C=O) groups is 1. The summed E-state index contributed by atoms with van der Waals surface area (Å²) in [5.74, 6) is 0.295. The van der Waals surface area contributed by atoms with Crippen molar-refractivity contribution < 1.29 is 19.0 Å². The molecule has 0 fully saturated rings. The van der Waals surface area contributed by atoms with Gasteiger partial charge in [0.05, 0.1) is 25.4 Å². The molecule has 0 aromatic carbocycles. The van der Waals surface area contributed by atoms with Crippen molar-refractivity contribution in [2.24, 2.45) is 0 Å². The molecule has 0 spiro atoms. The molecule has 0 N–H and O–H groups in total. The van der Waals surface area contributed by atoms with Crippen molar-refractivity contribution in [1.29, 1.82) is 0 Å². The zero-order valence-electron chi connectivity index (χ0n) is 10.1. The van der Waals surface area contributed by atoms with Crippen molar-refractivity contribution in [2.75, 3.05) is 33.5 Å². The van der Waals surface area contributed by atoms with E-state index in [4.69, 9.17) is 14.2 Å². The van der Waals surface area contributed by atoms with Gasteiger partial charge in [0.25, 0.3) is 0 Å². The Morgan fingerprint density at radius 1 is 1.29 bits per heavy atom. The zero-order valence-corrected chi connectivity index (χ0v) is 10.1. The monoisotopic (exact) mass is 239 g/mol. The summed E-state index contributed by atoms with van der Waals surface area (Å²) < 4.78 is 15.4. The van der Waals surface area contributed by atoms with Gasteiger partial charge in [-0.2, -0.15) is 0 Å². The van der Waals surface area contributed by atoms with E-state index >= 15 is 0 Å². The van der Waals surface area contributed by atoms with Gasteiger partial charge in [0.1, 0.15) is 6.61 Å². The summed E-state index contributed by atoms with van der Waals surface area (Å²) in [6.07, 6.45) is 1.59. The molecule has 1 heterocycles. The van der Waals surface area contributed by atoms with Gasteiger partial charge in [0.15, 0.2) is 5.78 Å². The fourth-order valence-corrected chi connectivity index (χ4v) is 1.22. The highest BCUT2D eigenvalue weighted by Gasteiger charge is 2.08. The minimum Gasteiger partial charge on any atom is -0.475 e. The van der Waals surface area contributed by atoms with Crippen LogP contribution in [0.4, 0.5) is 0 Å². The Hall–Kier alpha value is -1.46. The van der Waals surface area contributed by atoms with Crippen molar-refractivity contribution >= 4 is 5.78 Å². The molecule has 0 radical (unpaired) electrons.